The maximum absolute atomic E-state index is 11.7. The standard InChI is InChI=1S/C13H20N2O3S/c1-10(9-14)6-7-13(16)15-11-4-3-5-12(8-11)19(2,17)18/h3-5,8,10H,6-7,9,14H2,1-2H3,(H,15,16). The fourth-order valence-electron chi connectivity index (χ4n) is 1.52. The predicted molar refractivity (Wildman–Crippen MR) is 75.6 cm³/mol. The number of sulfone groups is 1. The topological polar surface area (TPSA) is 89.3 Å². The van der Waals surface area contributed by atoms with Crippen molar-refractivity contribution >= 4 is 21.4 Å². The lowest BCUT2D eigenvalue weighted by atomic mass is 10.1. The Morgan fingerprint density at radius 3 is 2.68 bits per heavy atom. The van der Waals surface area contributed by atoms with Crippen molar-refractivity contribution in [1.29, 1.82) is 0 Å². The van der Waals surface area contributed by atoms with Crippen molar-refractivity contribution in [2.45, 2.75) is 24.7 Å². The van der Waals surface area contributed by atoms with Gasteiger partial charge in [0.05, 0.1) is 4.90 Å². The maximum atomic E-state index is 11.7. The molecule has 0 saturated heterocycles. The first-order valence-corrected chi connectivity index (χ1v) is 8.02. The van der Waals surface area contributed by atoms with Gasteiger partial charge >= 0.3 is 0 Å². The summed E-state index contributed by atoms with van der Waals surface area (Å²) < 4.78 is 22.8. The summed E-state index contributed by atoms with van der Waals surface area (Å²) in [5.41, 5.74) is 5.97. The summed E-state index contributed by atoms with van der Waals surface area (Å²) in [5.74, 6) is 0.166. The Labute approximate surface area is 114 Å². The van der Waals surface area contributed by atoms with E-state index in [2.05, 4.69) is 5.32 Å². The van der Waals surface area contributed by atoms with Crippen LogP contribution < -0.4 is 11.1 Å². The predicted octanol–water partition coefficient (Wildman–Crippen LogP) is 1.40. The molecule has 1 atom stereocenters. The molecule has 0 bridgehead atoms. The minimum atomic E-state index is -3.26. The van der Waals surface area contributed by atoms with Gasteiger partial charge in [0.15, 0.2) is 9.84 Å². The number of nitrogens with two attached hydrogens (primary N) is 1. The molecule has 0 radical (unpaired) electrons. The lowest BCUT2D eigenvalue weighted by Crippen LogP contribution is -2.16. The van der Waals surface area contributed by atoms with Crippen molar-refractivity contribution in [3.63, 3.8) is 0 Å². The van der Waals surface area contributed by atoms with Crippen molar-refractivity contribution in [3.05, 3.63) is 24.3 Å². The molecule has 0 aliphatic rings. The normalized spacial score (nSPS) is 13.0. The molecule has 6 heteroatoms. The molecule has 106 valence electrons. The van der Waals surface area contributed by atoms with Gasteiger partial charge in [-0.1, -0.05) is 13.0 Å². The first-order chi connectivity index (χ1) is 8.82. The Bertz CT molecular complexity index is 541. The SMILES string of the molecule is CC(CN)CCC(=O)Nc1cccc(S(C)(=O)=O)c1. The molecule has 0 fully saturated rings. The van der Waals surface area contributed by atoms with E-state index in [0.29, 0.717) is 31.0 Å². The minimum Gasteiger partial charge on any atom is -0.330 e. The van der Waals surface area contributed by atoms with E-state index in [1.165, 1.54) is 12.1 Å². The van der Waals surface area contributed by atoms with Crippen LogP contribution in [-0.2, 0) is 14.6 Å². The second kappa shape index (κ2) is 6.68. The van der Waals surface area contributed by atoms with Gasteiger partial charge in [0.1, 0.15) is 0 Å². The highest BCUT2D eigenvalue weighted by atomic mass is 32.2. The highest BCUT2D eigenvalue weighted by molar-refractivity contribution is 7.90. The largest absolute Gasteiger partial charge is 0.330 e. The summed E-state index contributed by atoms with van der Waals surface area (Å²) in [5, 5.41) is 2.69. The van der Waals surface area contributed by atoms with Gasteiger partial charge in [-0.2, -0.15) is 0 Å². The van der Waals surface area contributed by atoms with Crippen LogP contribution in [0.25, 0.3) is 0 Å². The number of benzene rings is 1. The third-order valence-corrected chi connectivity index (χ3v) is 3.92. The fraction of sp³-hybridized carbons (Fsp3) is 0.462. The van der Waals surface area contributed by atoms with Crippen LogP contribution in [0.3, 0.4) is 0 Å². The number of carbonyl (C=O) groups excluding carboxylic acids is 1. The van der Waals surface area contributed by atoms with Gasteiger partial charge in [0.2, 0.25) is 5.91 Å². The smallest absolute Gasteiger partial charge is 0.224 e. The first-order valence-electron chi connectivity index (χ1n) is 6.13. The molecular formula is C13H20N2O3S. The lowest BCUT2D eigenvalue weighted by molar-refractivity contribution is -0.116. The maximum Gasteiger partial charge on any atom is 0.224 e. The number of nitrogens with one attached hydrogen (secondary N) is 1. The third-order valence-electron chi connectivity index (χ3n) is 2.81. The Balaban J connectivity index is 2.65. The molecule has 0 aliphatic carbocycles. The molecule has 1 rings (SSSR count). The second-order valence-corrected chi connectivity index (χ2v) is 6.74. The summed E-state index contributed by atoms with van der Waals surface area (Å²) in [4.78, 5) is 11.9. The zero-order valence-electron chi connectivity index (χ0n) is 11.2. The number of hydrogen-bond donors (Lipinski definition) is 2. The number of anilines is 1. The number of rotatable bonds is 6. The molecule has 1 unspecified atom stereocenters. The molecule has 1 aromatic rings. The second-order valence-electron chi connectivity index (χ2n) is 4.73. The number of hydrogen-bond acceptors (Lipinski definition) is 4. The van der Waals surface area contributed by atoms with Crippen molar-refractivity contribution in [3.8, 4) is 0 Å². The first kappa shape index (κ1) is 15.7. The van der Waals surface area contributed by atoms with Gasteiger partial charge in [-0.05, 0) is 37.1 Å². The Morgan fingerprint density at radius 2 is 2.11 bits per heavy atom. The van der Waals surface area contributed by atoms with Crippen molar-refractivity contribution in [1.82, 2.24) is 0 Å². The quantitative estimate of drug-likeness (QED) is 0.826. The number of amides is 1. The van der Waals surface area contributed by atoms with Crippen LogP contribution in [0, 0.1) is 5.92 Å². The summed E-state index contributed by atoms with van der Waals surface area (Å²) in [6, 6.07) is 6.23. The van der Waals surface area contributed by atoms with Gasteiger partial charge in [-0.15, -0.1) is 0 Å². The van der Waals surface area contributed by atoms with Gasteiger partial charge in [0, 0.05) is 18.4 Å². The Kier molecular flexibility index (Phi) is 5.50. The van der Waals surface area contributed by atoms with E-state index < -0.39 is 9.84 Å². The minimum absolute atomic E-state index is 0.133. The molecule has 0 aromatic heterocycles. The van der Waals surface area contributed by atoms with E-state index in [-0.39, 0.29) is 10.8 Å². The van der Waals surface area contributed by atoms with Crippen LogP contribution in [0.15, 0.2) is 29.2 Å². The van der Waals surface area contributed by atoms with Crippen molar-refractivity contribution in [2.24, 2.45) is 11.7 Å². The van der Waals surface area contributed by atoms with E-state index in [0.717, 1.165) is 6.26 Å². The highest BCUT2D eigenvalue weighted by Gasteiger charge is 2.09. The van der Waals surface area contributed by atoms with E-state index >= 15 is 0 Å². The van der Waals surface area contributed by atoms with Gasteiger partial charge < -0.3 is 11.1 Å². The molecule has 1 amide bonds. The summed E-state index contributed by atoms with van der Waals surface area (Å²) in [7, 11) is -3.26. The summed E-state index contributed by atoms with van der Waals surface area (Å²) in [6.07, 6.45) is 2.23. The van der Waals surface area contributed by atoms with Crippen molar-refractivity contribution in [2.75, 3.05) is 18.1 Å². The van der Waals surface area contributed by atoms with E-state index in [1.54, 1.807) is 12.1 Å². The molecular weight excluding hydrogens is 264 g/mol. The Morgan fingerprint density at radius 1 is 1.42 bits per heavy atom. The van der Waals surface area contributed by atoms with Gasteiger partial charge in [-0.3, -0.25) is 4.79 Å². The van der Waals surface area contributed by atoms with Crippen LogP contribution >= 0.6 is 0 Å². The van der Waals surface area contributed by atoms with Crippen LogP contribution in [0.4, 0.5) is 5.69 Å². The molecule has 19 heavy (non-hydrogen) atoms. The fourth-order valence-corrected chi connectivity index (χ4v) is 2.19. The van der Waals surface area contributed by atoms with Gasteiger partial charge in [-0.25, -0.2) is 8.42 Å². The zero-order chi connectivity index (χ0) is 14.5. The van der Waals surface area contributed by atoms with E-state index in [1.807, 2.05) is 6.92 Å². The molecule has 0 aliphatic heterocycles. The van der Waals surface area contributed by atoms with E-state index in [4.69, 9.17) is 5.73 Å². The molecule has 1 aromatic carbocycles. The highest BCUT2D eigenvalue weighted by Crippen LogP contribution is 2.16. The Hall–Kier alpha value is -1.40. The molecule has 5 nitrogen and oxygen atoms in total. The number of carbonyl (C=O) groups is 1. The summed E-state index contributed by atoms with van der Waals surface area (Å²) >= 11 is 0. The third kappa shape index (κ3) is 5.40. The van der Waals surface area contributed by atoms with Gasteiger partial charge in [0.25, 0.3) is 0 Å². The molecule has 3 N–H and O–H groups in total. The summed E-state index contributed by atoms with van der Waals surface area (Å²) in [6.45, 7) is 2.54. The monoisotopic (exact) mass is 284 g/mol. The van der Waals surface area contributed by atoms with E-state index in [9.17, 15) is 13.2 Å². The van der Waals surface area contributed by atoms with Crippen LogP contribution in [0.2, 0.25) is 0 Å². The lowest BCUT2D eigenvalue weighted by Gasteiger charge is -2.09. The van der Waals surface area contributed by atoms with Crippen LogP contribution in [-0.4, -0.2) is 27.1 Å². The van der Waals surface area contributed by atoms with Crippen molar-refractivity contribution < 1.29 is 13.2 Å². The molecule has 0 saturated carbocycles. The zero-order valence-corrected chi connectivity index (χ0v) is 12.0. The average molecular weight is 284 g/mol. The molecule has 0 spiro atoms. The van der Waals surface area contributed by atoms with Crippen LogP contribution in [0.1, 0.15) is 19.8 Å². The average Bonchev–Trinajstić information content (AvgIpc) is 2.35. The van der Waals surface area contributed by atoms with Crippen LogP contribution in [0.5, 0.6) is 0 Å². The molecule has 0 heterocycles.